The third-order valence-electron chi connectivity index (χ3n) is 5.92. The van der Waals surface area contributed by atoms with Gasteiger partial charge in [-0.25, -0.2) is 0 Å². The quantitative estimate of drug-likeness (QED) is 0.509. The number of carbonyl (C=O) groups is 2. The van der Waals surface area contributed by atoms with Crippen molar-refractivity contribution in [1.82, 2.24) is 0 Å². The molecule has 0 bridgehead atoms. The van der Waals surface area contributed by atoms with Crippen LogP contribution in [0, 0.1) is 5.92 Å². The predicted octanol–water partition coefficient (Wildman–Crippen LogP) is 5.44. The molecule has 0 aliphatic carbocycles. The summed E-state index contributed by atoms with van der Waals surface area (Å²) in [6, 6.07) is 9.68. The molecule has 150 valence electrons. The Morgan fingerprint density at radius 3 is 2.33 bits per heavy atom. The third kappa shape index (κ3) is 5.75. The van der Waals surface area contributed by atoms with Gasteiger partial charge in [-0.05, 0) is 36.5 Å². The van der Waals surface area contributed by atoms with Crippen molar-refractivity contribution in [3.63, 3.8) is 0 Å². The van der Waals surface area contributed by atoms with Gasteiger partial charge >= 0.3 is 5.97 Å². The fourth-order valence-corrected chi connectivity index (χ4v) is 4.30. The van der Waals surface area contributed by atoms with Crippen LogP contribution in [-0.4, -0.2) is 26.2 Å². The van der Waals surface area contributed by atoms with Crippen LogP contribution in [0.3, 0.4) is 0 Å². The SMILES string of the molecule is C[C@H]1CCCC(=O)[C@H](O[Si](C)(C)C(C)(C)C)C[C@H](c2ccccc2)OC1=O. The molecule has 1 fully saturated rings. The number of cyclic esters (lactones) is 1. The van der Waals surface area contributed by atoms with Gasteiger partial charge in [0.05, 0.1) is 5.92 Å². The van der Waals surface area contributed by atoms with Gasteiger partial charge in [-0.3, -0.25) is 9.59 Å². The first-order chi connectivity index (χ1) is 12.5. The second-order valence-electron chi connectivity index (χ2n) is 9.20. The van der Waals surface area contributed by atoms with Gasteiger partial charge in [0.1, 0.15) is 12.2 Å². The van der Waals surface area contributed by atoms with Crippen molar-refractivity contribution < 1.29 is 18.8 Å². The first kappa shape index (κ1) is 21.8. The molecule has 0 aromatic heterocycles. The van der Waals surface area contributed by atoms with Crippen molar-refractivity contribution in [3.8, 4) is 0 Å². The van der Waals surface area contributed by atoms with E-state index in [2.05, 4.69) is 33.9 Å². The van der Waals surface area contributed by atoms with Gasteiger partial charge in [0.2, 0.25) is 0 Å². The van der Waals surface area contributed by atoms with Crippen LogP contribution in [0.5, 0.6) is 0 Å². The van der Waals surface area contributed by atoms with E-state index in [9.17, 15) is 9.59 Å². The average Bonchev–Trinajstić information content (AvgIpc) is 2.59. The number of hydrogen-bond donors (Lipinski definition) is 0. The highest BCUT2D eigenvalue weighted by molar-refractivity contribution is 6.74. The van der Waals surface area contributed by atoms with Crippen molar-refractivity contribution in [1.29, 1.82) is 0 Å². The Balaban J connectivity index is 2.33. The van der Waals surface area contributed by atoms with Gasteiger partial charge < -0.3 is 9.16 Å². The second kappa shape index (κ2) is 8.70. The fourth-order valence-electron chi connectivity index (χ4n) is 3.01. The number of carbonyl (C=O) groups excluding carboxylic acids is 2. The van der Waals surface area contributed by atoms with Crippen LogP contribution >= 0.6 is 0 Å². The Morgan fingerprint density at radius 2 is 1.74 bits per heavy atom. The number of hydrogen-bond acceptors (Lipinski definition) is 4. The number of ether oxygens (including phenoxy) is 1. The number of esters is 1. The fraction of sp³-hybridized carbons (Fsp3) is 0.636. The minimum absolute atomic E-state index is 0.00995. The molecule has 27 heavy (non-hydrogen) atoms. The van der Waals surface area contributed by atoms with Crippen LogP contribution in [0.1, 0.15) is 65.0 Å². The average molecular weight is 391 g/mol. The normalized spacial score (nSPS) is 25.8. The molecular weight excluding hydrogens is 356 g/mol. The van der Waals surface area contributed by atoms with Crippen molar-refractivity contribution in [3.05, 3.63) is 35.9 Å². The molecule has 1 heterocycles. The van der Waals surface area contributed by atoms with Gasteiger partial charge in [-0.15, -0.1) is 0 Å². The van der Waals surface area contributed by atoms with Crippen LogP contribution in [-0.2, 0) is 18.8 Å². The summed E-state index contributed by atoms with van der Waals surface area (Å²) < 4.78 is 12.3. The smallest absolute Gasteiger partial charge is 0.309 e. The summed E-state index contributed by atoms with van der Waals surface area (Å²) in [6.07, 6.45) is 1.21. The molecule has 0 amide bonds. The third-order valence-corrected chi connectivity index (χ3v) is 10.4. The van der Waals surface area contributed by atoms with Crippen LogP contribution in [0.15, 0.2) is 30.3 Å². The standard InChI is InChI=1S/C22H34O4Si/c1-16-11-10-14-18(23)20(26-27(5,6)22(2,3)4)15-19(25-21(16)24)17-12-8-7-9-13-17/h7-9,12-13,16,19-20H,10-11,14-15H2,1-6H3/t16-,19+,20+/m0/s1. The lowest BCUT2D eigenvalue weighted by Gasteiger charge is -2.39. The molecule has 4 nitrogen and oxygen atoms in total. The highest BCUT2D eigenvalue weighted by Gasteiger charge is 2.41. The summed E-state index contributed by atoms with van der Waals surface area (Å²) in [4.78, 5) is 25.5. The summed E-state index contributed by atoms with van der Waals surface area (Å²) in [7, 11) is -2.12. The van der Waals surface area contributed by atoms with E-state index in [1.54, 1.807) is 0 Å². The summed E-state index contributed by atoms with van der Waals surface area (Å²) in [5, 5.41) is 0.00995. The summed E-state index contributed by atoms with van der Waals surface area (Å²) in [6.45, 7) is 12.7. The molecule has 1 saturated heterocycles. The molecule has 0 spiro atoms. The van der Waals surface area contributed by atoms with E-state index in [0.29, 0.717) is 25.7 Å². The van der Waals surface area contributed by atoms with E-state index in [4.69, 9.17) is 9.16 Å². The molecule has 1 aliphatic rings. The monoisotopic (exact) mass is 390 g/mol. The van der Waals surface area contributed by atoms with E-state index in [-0.39, 0.29) is 22.7 Å². The molecule has 0 radical (unpaired) electrons. The summed E-state index contributed by atoms with van der Waals surface area (Å²) in [5.41, 5.74) is 0.912. The topological polar surface area (TPSA) is 52.6 Å². The highest BCUT2D eigenvalue weighted by atomic mass is 28.4. The molecule has 0 N–H and O–H groups in total. The Kier molecular flexibility index (Phi) is 7.03. The number of benzene rings is 1. The molecule has 1 aromatic rings. The van der Waals surface area contributed by atoms with E-state index < -0.39 is 20.5 Å². The van der Waals surface area contributed by atoms with Crippen molar-refractivity contribution in [2.75, 3.05) is 0 Å². The maximum Gasteiger partial charge on any atom is 0.309 e. The van der Waals surface area contributed by atoms with Crippen LogP contribution in [0.2, 0.25) is 18.1 Å². The Labute approximate surface area is 164 Å². The van der Waals surface area contributed by atoms with Crippen LogP contribution in [0.25, 0.3) is 0 Å². The first-order valence-corrected chi connectivity index (χ1v) is 12.9. The summed E-state index contributed by atoms with van der Waals surface area (Å²) in [5.74, 6) is -0.253. The lowest BCUT2D eigenvalue weighted by atomic mass is 9.95. The van der Waals surface area contributed by atoms with E-state index in [1.165, 1.54) is 0 Å². The van der Waals surface area contributed by atoms with Gasteiger partial charge in [-0.1, -0.05) is 58.0 Å². The maximum absolute atomic E-state index is 13.0. The predicted molar refractivity (Wildman–Crippen MR) is 110 cm³/mol. The van der Waals surface area contributed by atoms with Crippen LogP contribution in [0.4, 0.5) is 0 Å². The number of rotatable bonds is 3. The zero-order valence-corrected chi connectivity index (χ0v) is 18.6. The molecular formula is C22H34O4Si. The van der Waals surface area contributed by atoms with Gasteiger partial charge in [0.15, 0.2) is 14.1 Å². The molecule has 0 unspecified atom stereocenters. The Bertz CT molecular complexity index is 648. The maximum atomic E-state index is 13.0. The van der Waals surface area contributed by atoms with E-state index in [1.807, 2.05) is 37.3 Å². The molecule has 5 heteroatoms. The molecule has 3 atom stereocenters. The summed E-state index contributed by atoms with van der Waals surface area (Å²) >= 11 is 0. The highest BCUT2D eigenvalue weighted by Crippen LogP contribution is 2.39. The zero-order chi connectivity index (χ0) is 20.2. The van der Waals surface area contributed by atoms with Crippen LogP contribution < -0.4 is 0 Å². The van der Waals surface area contributed by atoms with Crippen molar-refractivity contribution >= 4 is 20.1 Å². The molecule has 2 rings (SSSR count). The second-order valence-corrected chi connectivity index (χ2v) is 14.0. The van der Waals surface area contributed by atoms with E-state index >= 15 is 0 Å². The lowest BCUT2D eigenvalue weighted by Crippen LogP contribution is -2.46. The van der Waals surface area contributed by atoms with Crippen molar-refractivity contribution in [2.45, 2.75) is 83.7 Å². The van der Waals surface area contributed by atoms with Gasteiger partial charge in [0, 0.05) is 12.8 Å². The number of Topliss-reactive ketones (excluding diaryl/α,β-unsaturated/α-hetero) is 1. The van der Waals surface area contributed by atoms with Gasteiger partial charge in [-0.2, -0.15) is 0 Å². The lowest BCUT2D eigenvalue weighted by molar-refractivity contribution is -0.157. The zero-order valence-electron chi connectivity index (χ0n) is 17.6. The van der Waals surface area contributed by atoms with Gasteiger partial charge in [0.25, 0.3) is 0 Å². The molecule has 1 aliphatic heterocycles. The van der Waals surface area contributed by atoms with Crippen molar-refractivity contribution in [2.24, 2.45) is 5.92 Å². The molecule has 1 aromatic carbocycles. The van der Waals surface area contributed by atoms with E-state index in [0.717, 1.165) is 5.56 Å². The first-order valence-electron chi connectivity index (χ1n) is 9.97. The largest absolute Gasteiger partial charge is 0.457 e. The number of ketones is 1. The minimum atomic E-state index is -2.12. The Hall–Kier alpha value is -1.46. The molecule has 0 saturated carbocycles. The minimum Gasteiger partial charge on any atom is -0.457 e. The Morgan fingerprint density at radius 1 is 1.11 bits per heavy atom.